The molecule has 0 aliphatic carbocycles. The predicted octanol–water partition coefficient (Wildman–Crippen LogP) is -0.139. The minimum absolute atomic E-state index is 0.0625. The Morgan fingerprint density at radius 3 is 2.33 bits per heavy atom. The first-order valence-corrected chi connectivity index (χ1v) is 3.20. The van der Waals surface area contributed by atoms with Crippen LogP contribution in [0, 0.1) is 0 Å². The summed E-state index contributed by atoms with van der Waals surface area (Å²) in [6.45, 7) is 1.37. The summed E-state index contributed by atoms with van der Waals surface area (Å²) in [4.78, 5) is 31.6. The monoisotopic (exact) mass is 170 g/mol. The van der Waals surface area contributed by atoms with Crippen molar-refractivity contribution < 1.29 is 24.2 Å². The van der Waals surface area contributed by atoms with Gasteiger partial charge in [0.25, 0.3) is 0 Å². The van der Waals surface area contributed by atoms with Crippen LogP contribution in [0.4, 0.5) is 0 Å². The smallest absolute Gasteiger partial charge is 0.343 e. The van der Waals surface area contributed by atoms with Gasteiger partial charge in [-0.3, -0.25) is 4.79 Å². The molecule has 0 aromatic rings. The Bertz CT molecular complexity index is 299. The topological polar surface area (TPSA) is 80.7 Å². The normalized spacial score (nSPS) is 16.8. The molecule has 1 heterocycles. The zero-order chi connectivity index (χ0) is 9.30. The van der Waals surface area contributed by atoms with Gasteiger partial charge in [0.2, 0.25) is 0 Å². The second-order valence-electron chi connectivity index (χ2n) is 2.35. The summed E-state index contributed by atoms with van der Waals surface area (Å²) in [6, 6.07) is 0. The number of esters is 2. The first-order chi connectivity index (χ1) is 5.52. The van der Waals surface area contributed by atoms with Crippen LogP contribution in [0.15, 0.2) is 11.1 Å². The number of carbonyl (C=O) groups excluding carboxylic acids is 2. The minimum atomic E-state index is -1.16. The average molecular weight is 170 g/mol. The number of cyclic esters (lactones) is 2. The molecule has 1 N–H and O–H groups in total. The molecule has 0 aromatic carbocycles. The highest BCUT2D eigenvalue weighted by Gasteiger charge is 2.30. The molecule has 0 saturated carbocycles. The number of aliphatic carboxylic acids is 1. The highest BCUT2D eigenvalue weighted by atomic mass is 16.6. The van der Waals surface area contributed by atoms with Crippen molar-refractivity contribution in [2.24, 2.45) is 0 Å². The van der Waals surface area contributed by atoms with E-state index in [2.05, 4.69) is 4.74 Å². The molecule has 1 aliphatic rings. The summed E-state index contributed by atoms with van der Waals surface area (Å²) >= 11 is 0. The number of carbonyl (C=O) groups is 3. The van der Waals surface area contributed by atoms with Crippen molar-refractivity contribution in [1.82, 2.24) is 0 Å². The summed E-state index contributed by atoms with van der Waals surface area (Å²) < 4.78 is 4.17. The van der Waals surface area contributed by atoms with Gasteiger partial charge < -0.3 is 9.84 Å². The summed E-state index contributed by atoms with van der Waals surface area (Å²) in [5.74, 6) is -2.76. The molecule has 12 heavy (non-hydrogen) atoms. The van der Waals surface area contributed by atoms with E-state index in [0.29, 0.717) is 0 Å². The van der Waals surface area contributed by atoms with Gasteiger partial charge in [-0.1, -0.05) is 0 Å². The molecule has 0 aromatic heterocycles. The molecule has 0 atom stereocenters. The third kappa shape index (κ3) is 1.34. The van der Waals surface area contributed by atoms with E-state index in [0.717, 1.165) is 0 Å². The lowest BCUT2D eigenvalue weighted by atomic mass is 10.1. The fraction of sp³-hybridized carbons (Fsp3) is 0.286. The van der Waals surface area contributed by atoms with E-state index >= 15 is 0 Å². The summed E-state index contributed by atoms with van der Waals surface area (Å²) in [7, 11) is 0. The average Bonchev–Trinajstić information content (AvgIpc) is 2.16. The van der Waals surface area contributed by atoms with Crippen LogP contribution < -0.4 is 0 Å². The Labute approximate surface area is 67.6 Å². The molecule has 0 spiro atoms. The van der Waals surface area contributed by atoms with E-state index in [4.69, 9.17) is 5.11 Å². The van der Waals surface area contributed by atoms with Gasteiger partial charge in [-0.2, -0.15) is 0 Å². The van der Waals surface area contributed by atoms with Crippen molar-refractivity contribution in [2.45, 2.75) is 13.3 Å². The lowest BCUT2D eigenvalue weighted by Gasteiger charge is -1.91. The third-order valence-electron chi connectivity index (χ3n) is 1.52. The molecule has 5 nitrogen and oxygen atoms in total. The maximum Gasteiger partial charge on any atom is 0.343 e. The number of hydrogen-bond donors (Lipinski definition) is 1. The first-order valence-electron chi connectivity index (χ1n) is 3.20. The van der Waals surface area contributed by atoms with E-state index in [1.807, 2.05) is 0 Å². The van der Waals surface area contributed by atoms with Crippen molar-refractivity contribution in [2.75, 3.05) is 0 Å². The van der Waals surface area contributed by atoms with Crippen molar-refractivity contribution in [1.29, 1.82) is 0 Å². The van der Waals surface area contributed by atoms with Gasteiger partial charge in [0, 0.05) is 5.57 Å². The molecule has 0 unspecified atom stereocenters. The molecule has 0 bridgehead atoms. The Morgan fingerprint density at radius 1 is 1.42 bits per heavy atom. The zero-order valence-electron chi connectivity index (χ0n) is 6.29. The maximum atomic E-state index is 10.8. The lowest BCUT2D eigenvalue weighted by molar-refractivity contribution is -0.152. The number of carboxylic acids is 1. The Kier molecular flexibility index (Phi) is 1.95. The van der Waals surface area contributed by atoms with Gasteiger partial charge in [0.05, 0.1) is 12.0 Å². The third-order valence-corrected chi connectivity index (χ3v) is 1.52. The van der Waals surface area contributed by atoms with Crippen LogP contribution >= 0.6 is 0 Å². The molecule has 0 radical (unpaired) electrons. The number of ether oxygens (including phenoxy) is 1. The molecule has 0 fully saturated rings. The molecule has 0 amide bonds. The minimum Gasteiger partial charge on any atom is -0.481 e. The van der Waals surface area contributed by atoms with Crippen molar-refractivity contribution >= 4 is 17.9 Å². The van der Waals surface area contributed by atoms with Gasteiger partial charge in [-0.15, -0.1) is 0 Å². The zero-order valence-corrected chi connectivity index (χ0v) is 6.29. The molecule has 5 heteroatoms. The summed E-state index contributed by atoms with van der Waals surface area (Å²) in [5, 5.41) is 8.34. The highest BCUT2D eigenvalue weighted by molar-refractivity contribution is 6.13. The summed E-state index contributed by atoms with van der Waals surface area (Å²) in [5.41, 5.74) is 0.0231. The molecular formula is C7H6O5. The van der Waals surface area contributed by atoms with Gasteiger partial charge in [-0.25, -0.2) is 9.59 Å². The predicted molar refractivity (Wildman–Crippen MR) is 36.1 cm³/mol. The van der Waals surface area contributed by atoms with Crippen LogP contribution in [0.2, 0.25) is 0 Å². The second-order valence-corrected chi connectivity index (χ2v) is 2.35. The van der Waals surface area contributed by atoms with E-state index in [1.54, 1.807) is 0 Å². The van der Waals surface area contributed by atoms with Gasteiger partial charge >= 0.3 is 17.9 Å². The fourth-order valence-corrected chi connectivity index (χ4v) is 0.855. The van der Waals surface area contributed by atoms with Crippen LogP contribution in [-0.4, -0.2) is 23.0 Å². The molecule has 1 rings (SSSR count). The van der Waals surface area contributed by atoms with Crippen molar-refractivity contribution in [3.63, 3.8) is 0 Å². The van der Waals surface area contributed by atoms with E-state index < -0.39 is 24.3 Å². The van der Waals surface area contributed by atoms with Crippen LogP contribution in [0.25, 0.3) is 0 Å². The highest BCUT2D eigenvalue weighted by Crippen LogP contribution is 2.19. The van der Waals surface area contributed by atoms with E-state index in [-0.39, 0.29) is 11.1 Å². The van der Waals surface area contributed by atoms with Crippen LogP contribution in [-0.2, 0) is 19.1 Å². The Hall–Kier alpha value is -1.65. The lowest BCUT2D eigenvalue weighted by Crippen LogP contribution is -2.05. The summed E-state index contributed by atoms with van der Waals surface area (Å²) in [6.07, 6.45) is -0.462. The van der Waals surface area contributed by atoms with Crippen LogP contribution in [0.3, 0.4) is 0 Å². The molecule has 1 aliphatic heterocycles. The van der Waals surface area contributed by atoms with Gasteiger partial charge in [0.1, 0.15) is 0 Å². The van der Waals surface area contributed by atoms with Gasteiger partial charge in [0.15, 0.2) is 0 Å². The van der Waals surface area contributed by atoms with Gasteiger partial charge in [-0.05, 0) is 6.92 Å². The Balaban J connectivity index is 2.93. The quantitative estimate of drug-likeness (QED) is 0.460. The molecular weight excluding hydrogens is 164 g/mol. The standard InChI is InChI=1S/C7H6O5/c1-3-4(2-5(8)9)7(11)12-6(3)10/h2H2,1H3,(H,8,9). The fourth-order valence-electron chi connectivity index (χ4n) is 0.855. The Morgan fingerprint density at radius 2 is 2.00 bits per heavy atom. The molecule has 0 saturated heterocycles. The van der Waals surface area contributed by atoms with E-state index in [1.165, 1.54) is 6.92 Å². The maximum absolute atomic E-state index is 10.8. The van der Waals surface area contributed by atoms with E-state index in [9.17, 15) is 14.4 Å². The molecule has 64 valence electrons. The van der Waals surface area contributed by atoms with Crippen molar-refractivity contribution in [3.8, 4) is 0 Å². The number of hydrogen-bond acceptors (Lipinski definition) is 4. The number of rotatable bonds is 2. The largest absolute Gasteiger partial charge is 0.481 e. The second kappa shape index (κ2) is 2.77. The van der Waals surface area contributed by atoms with Crippen LogP contribution in [0.1, 0.15) is 13.3 Å². The number of carboxylic acid groups (broad SMARTS) is 1. The van der Waals surface area contributed by atoms with Crippen molar-refractivity contribution in [3.05, 3.63) is 11.1 Å². The first kappa shape index (κ1) is 8.45. The van der Waals surface area contributed by atoms with Crippen LogP contribution in [0.5, 0.6) is 0 Å². The SMILES string of the molecule is CC1=C(CC(=O)O)C(=O)OC1=O.